The lowest BCUT2D eigenvalue weighted by Gasteiger charge is -2.14. The van der Waals surface area contributed by atoms with Gasteiger partial charge in [-0.05, 0) is 42.8 Å². The summed E-state index contributed by atoms with van der Waals surface area (Å²) in [6, 6.07) is 10.4. The number of halogens is 2. The zero-order valence-corrected chi connectivity index (χ0v) is 15.5. The number of nitrogens with one attached hydrogen (secondary N) is 3. The highest BCUT2D eigenvalue weighted by Crippen LogP contribution is 2.26. The van der Waals surface area contributed by atoms with Crippen LogP contribution in [0.5, 0.6) is 0 Å². The molecular weight excluding hydrogens is 361 g/mol. The van der Waals surface area contributed by atoms with E-state index in [2.05, 4.69) is 16.0 Å². The van der Waals surface area contributed by atoms with Crippen molar-refractivity contribution in [1.29, 1.82) is 0 Å². The molecule has 0 aliphatic rings. The minimum atomic E-state index is -0.229. The summed E-state index contributed by atoms with van der Waals surface area (Å²) in [4.78, 5) is 23.7. The van der Waals surface area contributed by atoms with E-state index in [0.29, 0.717) is 33.5 Å². The van der Waals surface area contributed by atoms with Gasteiger partial charge in [-0.3, -0.25) is 9.59 Å². The van der Waals surface area contributed by atoms with Gasteiger partial charge in [-0.1, -0.05) is 36.2 Å². The van der Waals surface area contributed by atoms with Crippen LogP contribution in [-0.4, -0.2) is 18.4 Å². The number of hydrogen-bond acceptors (Lipinski definition) is 3. The molecular formula is C18H19Cl2N3O2. The molecule has 2 aromatic rings. The Balaban J connectivity index is 2.00. The van der Waals surface area contributed by atoms with Crippen LogP contribution in [0.1, 0.15) is 18.9 Å². The molecule has 0 heterocycles. The quantitative estimate of drug-likeness (QED) is 0.680. The van der Waals surface area contributed by atoms with Crippen LogP contribution in [0.15, 0.2) is 36.4 Å². The third kappa shape index (κ3) is 5.37. The van der Waals surface area contributed by atoms with Crippen LogP contribution < -0.4 is 16.0 Å². The van der Waals surface area contributed by atoms with Gasteiger partial charge in [0.25, 0.3) is 0 Å². The van der Waals surface area contributed by atoms with Gasteiger partial charge in [-0.2, -0.15) is 0 Å². The summed E-state index contributed by atoms with van der Waals surface area (Å²) in [5, 5.41) is 9.57. The molecule has 0 spiro atoms. The van der Waals surface area contributed by atoms with Crippen molar-refractivity contribution in [3.63, 3.8) is 0 Å². The molecule has 5 nitrogen and oxygen atoms in total. The van der Waals surface area contributed by atoms with Crippen LogP contribution in [0.25, 0.3) is 0 Å². The first-order valence-corrected chi connectivity index (χ1v) is 8.54. The Bertz CT molecular complexity index is 794. The highest BCUT2D eigenvalue weighted by atomic mass is 35.5. The number of hydrogen-bond donors (Lipinski definition) is 3. The Hall–Kier alpha value is -2.24. The molecule has 2 amide bonds. The highest BCUT2D eigenvalue weighted by molar-refractivity contribution is 6.36. The summed E-state index contributed by atoms with van der Waals surface area (Å²) in [5.41, 5.74) is 2.74. The van der Waals surface area contributed by atoms with Crippen molar-refractivity contribution in [1.82, 2.24) is 0 Å². The molecule has 132 valence electrons. The molecule has 0 bridgehead atoms. The summed E-state index contributed by atoms with van der Waals surface area (Å²) in [5.74, 6) is -0.307. The molecule has 0 unspecified atom stereocenters. The van der Waals surface area contributed by atoms with Crippen LogP contribution in [-0.2, 0) is 9.59 Å². The van der Waals surface area contributed by atoms with E-state index in [-0.39, 0.29) is 18.4 Å². The first-order valence-electron chi connectivity index (χ1n) is 7.79. The maximum Gasteiger partial charge on any atom is 0.243 e. The van der Waals surface area contributed by atoms with Crippen molar-refractivity contribution in [3.8, 4) is 0 Å². The van der Waals surface area contributed by atoms with E-state index < -0.39 is 0 Å². The fraction of sp³-hybridized carbons (Fsp3) is 0.222. The summed E-state index contributed by atoms with van der Waals surface area (Å²) < 4.78 is 0. The zero-order chi connectivity index (χ0) is 18.4. The number of carbonyl (C=O) groups is 2. The van der Waals surface area contributed by atoms with Crippen LogP contribution in [0.2, 0.25) is 10.0 Å². The SMILES string of the molecule is CCC(=O)Nc1cccc(NC(=O)CNc2ccc(Cl)cc2Cl)c1C. The largest absolute Gasteiger partial charge is 0.375 e. The molecule has 0 fully saturated rings. The van der Waals surface area contributed by atoms with E-state index in [0.717, 1.165) is 5.56 Å². The van der Waals surface area contributed by atoms with Crippen molar-refractivity contribution < 1.29 is 9.59 Å². The zero-order valence-electron chi connectivity index (χ0n) is 14.0. The van der Waals surface area contributed by atoms with Gasteiger partial charge >= 0.3 is 0 Å². The molecule has 0 saturated carbocycles. The smallest absolute Gasteiger partial charge is 0.243 e. The standard InChI is InChI=1S/C18H19Cl2N3O2/c1-3-17(24)22-14-5-4-6-15(11(14)2)23-18(25)10-21-16-8-7-12(19)9-13(16)20/h4-9,21H,3,10H2,1-2H3,(H,22,24)(H,23,25). The Labute approximate surface area is 156 Å². The van der Waals surface area contributed by atoms with Gasteiger partial charge in [0.05, 0.1) is 17.3 Å². The van der Waals surface area contributed by atoms with E-state index in [4.69, 9.17) is 23.2 Å². The monoisotopic (exact) mass is 379 g/mol. The van der Waals surface area contributed by atoms with E-state index >= 15 is 0 Å². The first-order chi connectivity index (χ1) is 11.9. The average molecular weight is 380 g/mol. The number of anilines is 3. The maximum absolute atomic E-state index is 12.2. The maximum atomic E-state index is 12.2. The molecule has 2 aromatic carbocycles. The second kappa shape index (κ2) is 8.74. The van der Waals surface area contributed by atoms with Gasteiger partial charge < -0.3 is 16.0 Å². The minimum Gasteiger partial charge on any atom is -0.375 e. The van der Waals surface area contributed by atoms with Crippen molar-refractivity contribution in [2.24, 2.45) is 0 Å². The van der Waals surface area contributed by atoms with Crippen LogP contribution >= 0.6 is 23.2 Å². The predicted molar refractivity (Wildman–Crippen MR) is 104 cm³/mol. The van der Waals surface area contributed by atoms with Crippen LogP contribution in [0, 0.1) is 6.92 Å². The summed E-state index contributed by atoms with van der Waals surface area (Å²) >= 11 is 11.9. The molecule has 0 aliphatic heterocycles. The van der Waals surface area contributed by atoms with Gasteiger partial charge in [0.2, 0.25) is 11.8 Å². The normalized spacial score (nSPS) is 10.2. The van der Waals surface area contributed by atoms with Crippen molar-refractivity contribution in [2.45, 2.75) is 20.3 Å². The number of amides is 2. The van der Waals surface area contributed by atoms with E-state index in [9.17, 15) is 9.59 Å². The first kappa shape index (κ1) is 19.1. The third-order valence-electron chi connectivity index (χ3n) is 3.57. The molecule has 0 aliphatic carbocycles. The number of benzene rings is 2. The second-order valence-electron chi connectivity index (χ2n) is 5.41. The lowest BCUT2D eigenvalue weighted by molar-refractivity contribution is -0.116. The predicted octanol–water partition coefficient (Wildman–Crippen LogP) is 4.70. The molecule has 0 radical (unpaired) electrons. The Morgan fingerprint density at radius 3 is 2.20 bits per heavy atom. The third-order valence-corrected chi connectivity index (χ3v) is 4.12. The van der Waals surface area contributed by atoms with Gasteiger partial charge in [-0.25, -0.2) is 0 Å². The molecule has 0 atom stereocenters. The van der Waals surface area contributed by atoms with E-state index in [1.807, 2.05) is 6.92 Å². The lowest BCUT2D eigenvalue weighted by atomic mass is 10.1. The molecule has 0 saturated heterocycles. The van der Waals surface area contributed by atoms with Gasteiger partial charge in [0, 0.05) is 22.8 Å². The average Bonchev–Trinajstić information content (AvgIpc) is 2.57. The van der Waals surface area contributed by atoms with Crippen molar-refractivity contribution in [2.75, 3.05) is 22.5 Å². The lowest BCUT2D eigenvalue weighted by Crippen LogP contribution is -2.22. The summed E-state index contributed by atoms with van der Waals surface area (Å²) in [7, 11) is 0. The molecule has 3 N–H and O–H groups in total. The van der Waals surface area contributed by atoms with Crippen LogP contribution in [0.3, 0.4) is 0 Å². The second-order valence-corrected chi connectivity index (χ2v) is 6.25. The minimum absolute atomic E-state index is 0.0480. The van der Waals surface area contributed by atoms with E-state index in [1.165, 1.54) is 0 Å². The van der Waals surface area contributed by atoms with Gasteiger partial charge in [-0.15, -0.1) is 0 Å². The van der Waals surface area contributed by atoms with Crippen molar-refractivity contribution >= 4 is 52.1 Å². The summed E-state index contributed by atoms with van der Waals surface area (Å²) in [6.45, 7) is 3.67. The Kier molecular flexibility index (Phi) is 6.67. The summed E-state index contributed by atoms with van der Waals surface area (Å²) in [6.07, 6.45) is 0.391. The highest BCUT2D eigenvalue weighted by Gasteiger charge is 2.10. The Morgan fingerprint density at radius 2 is 1.60 bits per heavy atom. The van der Waals surface area contributed by atoms with Gasteiger partial charge in [0.1, 0.15) is 0 Å². The topological polar surface area (TPSA) is 70.2 Å². The molecule has 2 rings (SSSR count). The fourth-order valence-corrected chi connectivity index (χ4v) is 2.62. The van der Waals surface area contributed by atoms with Crippen LogP contribution in [0.4, 0.5) is 17.1 Å². The van der Waals surface area contributed by atoms with Crippen molar-refractivity contribution in [3.05, 3.63) is 52.0 Å². The molecule has 7 heteroatoms. The number of rotatable bonds is 6. The molecule has 25 heavy (non-hydrogen) atoms. The van der Waals surface area contributed by atoms with E-state index in [1.54, 1.807) is 43.3 Å². The Morgan fingerprint density at radius 1 is 0.960 bits per heavy atom. The number of carbonyl (C=O) groups excluding carboxylic acids is 2. The fourth-order valence-electron chi connectivity index (χ4n) is 2.15. The molecule has 0 aromatic heterocycles. The van der Waals surface area contributed by atoms with Gasteiger partial charge in [0.15, 0.2) is 0 Å².